The Labute approximate surface area is 215 Å². The van der Waals surface area contributed by atoms with E-state index in [1.807, 2.05) is 6.08 Å². The first-order valence-electron chi connectivity index (χ1n) is 11.8. The normalized spacial score (nSPS) is 19.7. The van der Waals surface area contributed by atoms with Crippen LogP contribution in [0.5, 0.6) is 0 Å². The Morgan fingerprint density at radius 2 is 1.50 bits per heavy atom. The third-order valence-electron chi connectivity index (χ3n) is 6.70. The largest absolute Gasteiger partial charge is 0.277 e. The molecule has 1 aliphatic heterocycles. The van der Waals surface area contributed by atoms with Crippen molar-refractivity contribution in [2.24, 2.45) is 11.0 Å². The van der Waals surface area contributed by atoms with Gasteiger partial charge in [-0.3, -0.25) is 25.0 Å². The fourth-order valence-electron chi connectivity index (χ4n) is 4.98. The molecule has 0 radical (unpaired) electrons. The van der Waals surface area contributed by atoms with Gasteiger partial charge >= 0.3 is 0 Å². The van der Waals surface area contributed by atoms with Gasteiger partial charge in [0.1, 0.15) is 11.6 Å². The maximum atomic E-state index is 13.7. The molecule has 9 nitrogen and oxygen atoms in total. The fraction of sp³-hybridized carbons (Fsp3) is 0.185. The van der Waals surface area contributed by atoms with Crippen LogP contribution >= 0.6 is 0 Å². The van der Waals surface area contributed by atoms with Gasteiger partial charge in [-0.05, 0) is 66.3 Å². The highest BCUT2D eigenvalue weighted by atomic mass is 19.1. The molecular formula is C27H20F2N4O5. The van der Waals surface area contributed by atoms with Crippen LogP contribution in [0.3, 0.4) is 0 Å². The number of non-ortho nitro benzene ring substituents is 2. The summed E-state index contributed by atoms with van der Waals surface area (Å²) >= 11 is 0. The first-order valence-corrected chi connectivity index (χ1v) is 11.8. The van der Waals surface area contributed by atoms with Crippen LogP contribution in [0.2, 0.25) is 0 Å². The van der Waals surface area contributed by atoms with Crippen LogP contribution in [0.25, 0.3) is 6.08 Å². The van der Waals surface area contributed by atoms with E-state index in [1.54, 1.807) is 24.3 Å². The summed E-state index contributed by atoms with van der Waals surface area (Å²) in [5.74, 6) is -1.85. The zero-order valence-corrected chi connectivity index (χ0v) is 19.8. The zero-order chi connectivity index (χ0) is 27.0. The number of hydrogen-bond acceptors (Lipinski definition) is 6. The van der Waals surface area contributed by atoms with Gasteiger partial charge < -0.3 is 0 Å². The lowest BCUT2D eigenvalue weighted by Crippen LogP contribution is -2.32. The number of carbonyl (C=O) groups is 1. The first kappa shape index (κ1) is 24.9. The van der Waals surface area contributed by atoms with E-state index in [1.165, 1.54) is 29.3 Å². The Balaban J connectivity index is 1.61. The number of hydrazone groups is 1. The Bertz CT molecular complexity index is 1470. The number of rotatable bonds is 5. The summed E-state index contributed by atoms with van der Waals surface area (Å²) in [7, 11) is 0. The quantitative estimate of drug-likeness (QED) is 0.293. The van der Waals surface area contributed by atoms with Gasteiger partial charge in [-0.15, -0.1) is 0 Å². The fourth-order valence-corrected chi connectivity index (χ4v) is 4.98. The monoisotopic (exact) mass is 518 g/mol. The maximum Gasteiger partial charge on any atom is 0.277 e. The minimum atomic E-state index is -0.805. The Kier molecular flexibility index (Phi) is 6.50. The number of benzene rings is 3. The Morgan fingerprint density at radius 1 is 0.921 bits per heavy atom. The van der Waals surface area contributed by atoms with Crippen molar-refractivity contribution in [1.82, 2.24) is 5.01 Å². The molecule has 3 aromatic rings. The number of halogens is 2. The van der Waals surface area contributed by atoms with Gasteiger partial charge in [0.05, 0.1) is 33.2 Å². The maximum absolute atomic E-state index is 13.7. The minimum Gasteiger partial charge on any atom is -0.267 e. The number of allylic oxidation sites excluding steroid dienone is 1. The van der Waals surface area contributed by atoms with E-state index < -0.39 is 39.0 Å². The molecule has 192 valence electrons. The summed E-state index contributed by atoms with van der Waals surface area (Å²) in [5, 5.41) is 28.6. The van der Waals surface area contributed by atoms with Crippen LogP contribution in [0.4, 0.5) is 20.2 Å². The average Bonchev–Trinajstić information content (AvgIpc) is 3.30. The molecule has 3 aromatic carbocycles. The topological polar surface area (TPSA) is 119 Å². The third kappa shape index (κ3) is 4.77. The van der Waals surface area contributed by atoms with Crippen molar-refractivity contribution >= 4 is 29.1 Å². The van der Waals surface area contributed by atoms with Crippen LogP contribution in [0.15, 0.2) is 77.4 Å². The molecule has 2 atom stereocenters. The molecule has 0 N–H and O–H groups in total. The smallest absolute Gasteiger partial charge is 0.267 e. The van der Waals surface area contributed by atoms with Gasteiger partial charge in [-0.2, -0.15) is 5.10 Å². The molecule has 1 saturated carbocycles. The van der Waals surface area contributed by atoms with E-state index in [9.17, 15) is 33.8 Å². The number of hydrogen-bond donors (Lipinski definition) is 0. The molecule has 38 heavy (non-hydrogen) atoms. The second-order valence-corrected chi connectivity index (χ2v) is 9.10. The molecule has 1 aliphatic carbocycles. The standard InChI is InChI=1S/C27H20F2N4O5/c28-20-8-4-16(5-9-20)12-18-2-1-3-24-25(18)30-31(26(24)17-6-10-21(29)11-7-17)27(34)19-13-22(32(35)36)15-23(14-19)33(37)38/h4-15,24,26H,1-3H2/b18-12-. The summed E-state index contributed by atoms with van der Waals surface area (Å²) < 4.78 is 27.1. The molecule has 2 unspecified atom stereocenters. The highest BCUT2D eigenvalue weighted by Gasteiger charge is 2.44. The number of amides is 1. The van der Waals surface area contributed by atoms with E-state index >= 15 is 0 Å². The number of nitro benzene ring substituents is 2. The van der Waals surface area contributed by atoms with Crippen molar-refractivity contribution in [2.75, 3.05) is 0 Å². The van der Waals surface area contributed by atoms with E-state index in [-0.39, 0.29) is 17.3 Å². The van der Waals surface area contributed by atoms with Crippen molar-refractivity contribution < 1.29 is 23.4 Å². The van der Waals surface area contributed by atoms with Gasteiger partial charge in [-0.1, -0.05) is 24.3 Å². The molecule has 0 aromatic heterocycles. The molecule has 1 amide bonds. The third-order valence-corrected chi connectivity index (χ3v) is 6.70. The van der Waals surface area contributed by atoms with Crippen molar-refractivity contribution in [3.05, 3.63) is 121 Å². The lowest BCUT2D eigenvalue weighted by Gasteiger charge is -2.29. The number of fused-ring (bicyclic) bond motifs is 1. The van der Waals surface area contributed by atoms with E-state index in [4.69, 9.17) is 0 Å². The molecular weight excluding hydrogens is 498 g/mol. The van der Waals surface area contributed by atoms with Crippen LogP contribution < -0.4 is 0 Å². The molecule has 11 heteroatoms. The van der Waals surface area contributed by atoms with Gasteiger partial charge in [-0.25, -0.2) is 13.8 Å². The molecule has 1 fully saturated rings. The summed E-state index contributed by atoms with van der Waals surface area (Å²) in [4.78, 5) is 34.9. The molecule has 0 bridgehead atoms. The van der Waals surface area contributed by atoms with Crippen LogP contribution in [-0.4, -0.2) is 26.5 Å². The van der Waals surface area contributed by atoms with Crippen LogP contribution in [0, 0.1) is 37.8 Å². The summed E-state index contributed by atoms with van der Waals surface area (Å²) in [6.07, 6.45) is 3.98. The average molecular weight is 518 g/mol. The van der Waals surface area contributed by atoms with E-state index in [0.717, 1.165) is 35.8 Å². The zero-order valence-electron chi connectivity index (χ0n) is 19.8. The first-order chi connectivity index (χ1) is 18.2. The predicted molar refractivity (Wildman–Crippen MR) is 134 cm³/mol. The SMILES string of the molecule is O=C(c1cc([N+](=O)[O-])cc([N+](=O)[O-])c1)N1N=C2/C(=C\c3ccc(F)cc3)CCCC2C1c1ccc(F)cc1. The molecule has 1 heterocycles. The number of carbonyl (C=O) groups excluding carboxylic acids is 1. The molecule has 5 rings (SSSR count). The predicted octanol–water partition coefficient (Wildman–Crippen LogP) is 6.22. The lowest BCUT2D eigenvalue weighted by atomic mass is 9.77. The highest BCUT2D eigenvalue weighted by molar-refractivity contribution is 6.09. The second kappa shape index (κ2) is 9.92. The van der Waals surface area contributed by atoms with Crippen LogP contribution in [0.1, 0.15) is 46.8 Å². The summed E-state index contributed by atoms with van der Waals surface area (Å²) in [5.41, 5.74) is 1.38. The lowest BCUT2D eigenvalue weighted by molar-refractivity contribution is -0.394. The van der Waals surface area contributed by atoms with E-state index in [2.05, 4.69) is 5.10 Å². The Morgan fingerprint density at radius 3 is 2.08 bits per heavy atom. The van der Waals surface area contributed by atoms with Gasteiger partial charge in [0.2, 0.25) is 0 Å². The van der Waals surface area contributed by atoms with Crippen molar-refractivity contribution in [2.45, 2.75) is 25.3 Å². The minimum absolute atomic E-state index is 0.259. The van der Waals surface area contributed by atoms with Gasteiger partial charge in [0, 0.05) is 18.1 Å². The van der Waals surface area contributed by atoms with Crippen molar-refractivity contribution in [1.29, 1.82) is 0 Å². The highest BCUT2D eigenvalue weighted by Crippen LogP contribution is 2.45. The van der Waals surface area contributed by atoms with Gasteiger partial charge in [0.15, 0.2) is 0 Å². The Hall–Kier alpha value is -4.80. The van der Waals surface area contributed by atoms with Gasteiger partial charge in [0.25, 0.3) is 17.3 Å². The number of nitro groups is 2. The van der Waals surface area contributed by atoms with Crippen LogP contribution in [-0.2, 0) is 0 Å². The molecule has 2 aliphatic rings. The van der Waals surface area contributed by atoms with Crippen molar-refractivity contribution in [3.63, 3.8) is 0 Å². The molecule has 0 spiro atoms. The van der Waals surface area contributed by atoms with E-state index in [0.29, 0.717) is 24.1 Å². The summed E-state index contributed by atoms with van der Waals surface area (Å²) in [6, 6.07) is 13.7. The second-order valence-electron chi connectivity index (χ2n) is 9.10. The number of nitrogens with zero attached hydrogens (tertiary/aromatic N) is 4. The van der Waals surface area contributed by atoms with Crippen molar-refractivity contribution in [3.8, 4) is 0 Å². The summed E-state index contributed by atoms with van der Waals surface area (Å²) in [6.45, 7) is 0. The molecule has 0 saturated heterocycles.